The summed E-state index contributed by atoms with van der Waals surface area (Å²) in [7, 11) is 0. The molecule has 0 aromatic carbocycles. The quantitative estimate of drug-likeness (QED) is 0.636. The number of rotatable bonds is 4. The van der Waals surface area contributed by atoms with E-state index in [0.717, 1.165) is 36.9 Å². The Kier molecular flexibility index (Phi) is 7.04. The zero-order chi connectivity index (χ0) is 13.6. The van der Waals surface area contributed by atoms with Crippen molar-refractivity contribution in [3.63, 3.8) is 0 Å². The summed E-state index contributed by atoms with van der Waals surface area (Å²) in [5, 5.41) is 0. The van der Waals surface area contributed by atoms with Crippen molar-refractivity contribution in [3.05, 3.63) is 0 Å². The molecule has 0 bridgehead atoms. The summed E-state index contributed by atoms with van der Waals surface area (Å²) >= 11 is 0. The van der Waals surface area contributed by atoms with E-state index in [2.05, 4.69) is 34.6 Å². The van der Waals surface area contributed by atoms with Gasteiger partial charge in [0, 0.05) is 6.42 Å². The number of hydrogen-bond acceptors (Lipinski definition) is 1. The molecular weight excluding hydrogens is 208 g/mol. The monoisotopic (exact) mass is 240 g/mol. The summed E-state index contributed by atoms with van der Waals surface area (Å²) in [6.07, 6.45) is 4.20. The summed E-state index contributed by atoms with van der Waals surface area (Å²) in [6.45, 7) is 15.9. The minimum Gasteiger partial charge on any atom is -0.303 e. The molecule has 0 amide bonds. The first kappa shape index (κ1) is 16.7. The Morgan fingerprint density at radius 3 is 2.18 bits per heavy atom. The molecule has 0 spiro atoms. The molecule has 0 aromatic rings. The third kappa shape index (κ3) is 3.82. The Labute approximate surface area is 108 Å². The molecule has 1 fully saturated rings. The fourth-order valence-corrected chi connectivity index (χ4v) is 3.48. The number of carbonyl (C=O) groups is 1. The van der Waals surface area contributed by atoms with Crippen LogP contribution in [0.4, 0.5) is 0 Å². The third-order valence-corrected chi connectivity index (χ3v) is 5.04. The molecule has 0 saturated heterocycles. The van der Waals surface area contributed by atoms with Crippen LogP contribution < -0.4 is 0 Å². The van der Waals surface area contributed by atoms with Crippen LogP contribution in [0.5, 0.6) is 0 Å². The molecule has 1 saturated carbocycles. The van der Waals surface area contributed by atoms with Gasteiger partial charge in [-0.05, 0) is 41.9 Å². The zero-order valence-corrected chi connectivity index (χ0v) is 12.9. The van der Waals surface area contributed by atoms with Crippen molar-refractivity contribution in [1.29, 1.82) is 0 Å². The lowest BCUT2D eigenvalue weighted by atomic mass is 9.70. The van der Waals surface area contributed by atoms with Gasteiger partial charge < -0.3 is 4.79 Å². The first-order valence-electron chi connectivity index (χ1n) is 7.34. The average Bonchev–Trinajstić information content (AvgIpc) is 2.52. The van der Waals surface area contributed by atoms with Gasteiger partial charge in [-0.15, -0.1) is 0 Å². The average molecular weight is 240 g/mol. The molecule has 1 aliphatic rings. The van der Waals surface area contributed by atoms with Gasteiger partial charge in [0.15, 0.2) is 0 Å². The molecule has 4 unspecified atom stereocenters. The van der Waals surface area contributed by atoms with Gasteiger partial charge in [-0.1, -0.05) is 48.5 Å². The second-order valence-corrected chi connectivity index (χ2v) is 6.15. The van der Waals surface area contributed by atoms with Crippen molar-refractivity contribution >= 4 is 6.29 Å². The van der Waals surface area contributed by atoms with Crippen LogP contribution in [-0.2, 0) is 4.79 Å². The summed E-state index contributed by atoms with van der Waals surface area (Å²) < 4.78 is 0. The van der Waals surface area contributed by atoms with Crippen LogP contribution in [-0.4, -0.2) is 6.29 Å². The predicted octanol–water partition coefficient (Wildman–Crippen LogP) is 4.95. The second kappa shape index (κ2) is 7.18. The van der Waals surface area contributed by atoms with E-state index in [1.807, 2.05) is 13.8 Å². The lowest BCUT2D eigenvalue weighted by Crippen LogP contribution is -2.28. The van der Waals surface area contributed by atoms with Crippen LogP contribution in [0.15, 0.2) is 0 Å². The van der Waals surface area contributed by atoms with Gasteiger partial charge in [0.2, 0.25) is 0 Å². The molecule has 0 radical (unpaired) electrons. The van der Waals surface area contributed by atoms with Gasteiger partial charge in [0.25, 0.3) is 0 Å². The molecule has 1 heteroatoms. The fraction of sp³-hybridized carbons (Fsp3) is 0.938. The lowest BCUT2D eigenvalue weighted by Gasteiger charge is -2.35. The molecule has 1 rings (SSSR count). The van der Waals surface area contributed by atoms with E-state index in [1.54, 1.807) is 0 Å². The molecule has 0 N–H and O–H groups in total. The fourth-order valence-electron chi connectivity index (χ4n) is 3.48. The smallest absolute Gasteiger partial charge is 0.120 e. The van der Waals surface area contributed by atoms with Crippen molar-refractivity contribution in [2.45, 2.75) is 67.7 Å². The highest BCUT2D eigenvalue weighted by molar-refractivity contribution is 5.49. The molecule has 17 heavy (non-hydrogen) atoms. The molecule has 0 aromatic heterocycles. The molecule has 1 aliphatic carbocycles. The minimum atomic E-state index is 0.446. The van der Waals surface area contributed by atoms with Gasteiger partial charge in [-0.25, -0.2) is 0 Å². The first-order valence-corrected chi connectivity index (χ1v) is 7.34. The number of aldehydes is 1. The van der Waals surface area contributed by atoms with Crippen LogP contribution in [0, 0.1) is 29.1 Å². The number of carbonyl (C=O) groups excluding carboxylic acids is 1. The molecule has 0 aliphatic heterocycles. The molecule has 102 valence electrons. The summed E-state index contributed by atoms with van der Waals surface area (Å²) in [5.74, 6) is 3.13. The molecule has 0 heterocycles. The van der Waals surface area contributed by atoms with Crippen molar-refractivity contribution in [2.75, 3.05) is 0 Å². The van der Waals surface area contributed by atoms with Crippen molar-refractivity contribution in [1.82, 2.24) is 0 Å². The lowest BCUT2D eigenvalue weighted by molar-refractivity contribution is -0.108. The van der Waals surface area contributed by atoms with Crippen molar-refractivity contribution in [2.24, 2.45) is 29.1 Å². The summed E-state index contributed by atoms with van der Waals surface area (Å²) in [4.78, 5) is 10.4. The van der Waals surface area contributed by atoms with Gasteiger partial charge in [-0.3, -0.25) is 0 Å². The Morgan fingerprint density at radius 2 is 1.82 bits per heavy atom. The third-order valence-electron chi connectivity index (χ3n) is 5.04. The largest absolute Gasteiger partial charge is 0.303 e. The highest BCUT2D eigenvalue weighted by Crippen LogP contribution is 2.53. The van der Waals surface area contributed by atoms with Crippen LogP contribution in [0.1, 0.15) is 67.7 Å². The molecular formula is C16H32O. The van der Waals surface area contributed by atoms with Crippen LogP contribution >= 0.6 is 0 Å². The number of hydrogen-bond donors (Lipinski definition) is 0. The van der Waals surface area contributed by atoms with Crippen LogP contribution in [0.3, 0.4) is 0 Å². The maximum Gasteiger partial charge on any atom is 0.120 e. The highest BCUT2D eigenvalue weighted by Gasteiger charge is 2.46. The maximum atomic E-state index is 10.4. The van der Waals surface area contributed by atoms with Crippen molar-refractivity contribution in [3.8, 4) is 0 Å². The van der Waals surface area contributed by atoms with Crippen molar-refractivity contribution < 1.29 is 4.79 Å². The highest BCUT2D eigenvalue weighted by atomic mass is 16.1. The van der Waals surface area contributed by atoms with Gasteiger partial charge in [0.05, 0.1) is 0 Å². The second-order valence-electron chi connectivity index (χ2n) is 6.15. The summed E-state index contributed by atoms with van der Waals surface area (Å²) in [5.41, 5.74) is 0.446. The Morgan fingerprint density at radius 1 is 1.29 bits per heavy atom. The van der Waals surface area contributed by atoms with E-state index in [1.165, 1.54) is 6.42 Å². The van der Waals surface area contributed by atoms with Crippen LogP contribution in [0.2, 0.25) is 0 Å². The maximum absolute atomic E-state index is 10.4. The first-order chi connectivity index (χ1) is 7.91. The Balaban J connectivity index is 0.00000121. The van der Waals surface area contributed by atoms with Gasteiger partial charge >= 0.3 is 0 Å². The standard InChI is InChI=1S/C14H26O.C2H6/c1-10(7-6-8-15)13-9-11(2)12(3)14(13,4)5;1-2/h8,10-13H,6-7,9H2,1-5H3;1-2H3. The molecule has 1 nitrogen and oxygen atoms in total. The van der Waals surface area contributed by atoms with E-state index < -0.39 is 0 Å². The van der Waals surface area contributed by atoms with E-state index >= 15 is 0 Å². The van der Waals surface area contributed by atoms with Gasteiger partial charge in [-0.2, -0.15) is 0 Å². The summed E-state index contributed by atoms with van der Waals surface area (Å²) in [6, 6.07) is 0. The normalized spacial score (nSPS) is 32.5. The van der Waals surface area contributed by atoms with E-state index in [9.17, 15) is 4.79 Å². The molecule has 4 atom stereocenters. The predicted molar refractivity (Wildman–Crippen MR) is 76.0 cm³/mol. The topological polar surface area (TPSA) is 17.1 Å². The SMILES string of the molecule is CC.CC1CC(C(C)CCC=O)C(C)(C)C1C. The van der Waals surface area contributed by atoms with E-state index in [-0.39, 0.29) is 0 Å². The Bertz CT molecular complexity index is 220. The van der Waals surface area contributed by atoms with E-state index in [0.29, 0.717) is 11.3 Å². The minimum absolute atomic E-state index is 0.446. The Hall–Kier alpha value is -0.330. The van der Waals surface area contributed by atoms with Gasteiger partial charge in [0.1, 0.15) is 6.29 Å². The zero-order valence-electron chi connectivity index (χ0n) is 12.9. The van der Waals surface area contributed by atoms with Crippen LogP contribution in [0.25, 0.3) is 0 Å². The van der Waals surface area contributed by atoms with E-state index in [4.69, 9.17) is 0 Å².